The molecule has 24 heavy (non-hydrogen) atoms. The van der Waals surface area contributed by atoms with Gasteiger partial charge in [-0.2, -0.15) is 13.2 Å². The van der Waals surface area contributed by atoms with Gasteiger partial charge in [0, 0.05) is 22.8 Å². The summed E-state index contributed by atoms with van der Waals surface area (Å²) in [6.07, 6.45) is -2.36. The third kappa shape index (κ3) is 3.51. The molecule has 0 aliphatic rings. The van der Waals surface area contributed by atoms with E-state index in [4.69, 9.17) is 16.0 Å². The minimum absolute atomic E-state index is 0.117. The minimum Gasteiger partial charge on any atom is -0.439 e. The Kier molecular flexibility index (Phi) is 4.19. The van der Waals surface area contributed by atoms with E-state index in [0.29, 0.717) is 16.3 Å². The van der Waals surface area contributed by atoms with Crippen molar-refractivity contribution in [3.8, 4) is 11.3 Å². The summed E-state index contributed by atoms with van der Waals surface area (Å²) in [5, 5.41) is 0.513. The maximum atomic E-state index is 12.7. The van der Waals surface area contributed by atoms with E-state index >= 15 is 0 Å². The third-order valence-corrected chi connectivity index (χ3v) is 3.51. The van der Waals surface area contributed by atoms with Crippen LogP contribution in [0.1, 0.15) is 11.5 Å². The van der Waals surface area contributed by atoms with Gasteiger partial charge >= 0.3 is 6.18 Å². The van der Waals surface area contributed by atoms with Crippen LogP contribution < -0.4 is 5.56 Å². The molecule has 3 aromatic rings. The zero-order valence-corrected chi connectivity index (χ0v) is 12.8. The van der Waals surface area contributed by atoms with Crippen LogP contribution in [0.4, 0.5) is 13.2 Å². The fourth-order valence-electron chi connectivity index (χ4n) is 2.13. The molecule has 0 aliphatic carbocycles. The predicted molar refractivity (Wildman–Crippen MR) is 81.8 cm³/mol. The first kappa shape index (κ1) is 16.3. The number of alkyl halides is 3. The maximum absolute atomic E-state index is 12.7. The smallest absolute Gasteiger partial charge is 0.417 e. The fraction of sp³-hybridized carbons (Fsp3) is 0.125. The molecule has 0 aliphatic heterocycles. The highest BCUT2D eigenvalue weighted by Crippen LogP contribution is 2.28. The Labute approximate surface area is 139 Å². The Hall–Kier alpha value is -2.54. The van der Waals surface area contributed by atoms with E-state index in [9.17, 15) is 18.0 Å². The Bertz CT molecular complexity index is 931. The lowest BCUT2D eigenvalue weighted by Gasteiger charge is -2.09. The van der Waals surface area contributed by atoms with Crippen molar-refractivity contribution in [3.63, 3.8) is 0 Å². The first-order valence-electron chi connectivity index (χ1n) is 6.81. The molecular weight excluding hydrogens is 345 g/mol. The van der Waals surface area contributed by atoms with Crippen LogP contribution >= 0.6 is 11.6 Å². The molecule has 0 atom stereocenters. The summed E-state index contributed by atoms with van der Waals surface area (Å²) in [5.74, 6) is 0.527. The summed E-state index contributed by atoms with van der Waals surface area (Å²) < 4.78 is 44.6. The van der Waals surface area contributed by atoms with Gasteiger partial charge in [0.15, 0.2) is 5.76 Å². The van der Waals surface area contributed by atoms with Crippen LogP contribution in [0.25, 0.3) is 11.3 Å². The summed E-state index contributed by atoms with van der Waals surface area (Å²) in [7, 11) is 0. The van der Waals surface area contributed by atoms with Gasteiger partial charge in [0.1, 0.15) is 6.54 Å². The van der Waals surface area contributed by atoms with E-state index in [0.717, 1.165) is 22.9 Å². The van der Waals surface area contributed by atoms with Crippen LogP contribution in [0.3, 0.4) is 0 Å². The summed E-state index contributed by atoms with van der Waals surface area (Å²) >= 11 is 5.90. The molecule has 0 radical (unpaired) electrons. The molecule has 0 spiro atoms. The Morgan fingerprint density at radius 3 is 2.71 bits per heavy atom. The number of aromatic nitrogens is 2. The standard InChI is InChI=1S/C16H10ClF3N2O2/c17-12-3-1-2-10(6-12)13-7-21-14(24-13)9-22-8-11(16(18,19)20)4-5-15(22)23/h1-8H,9H2. The lowest BCUT2D eigenvalue weighted by molar-refractivity contribution is -0.138. The Balaban J connectivity index is 1.89. The monoisotopic (exact) mass is 354 g/mol. The highest BCUT2D eigenvalue weighted by molar-refractivity contribution is 6.30. The van der Waals surface area contributed by atoms with Crippen molar-refractivity contribution in [3.05, 3.63) is 75.6 Å². The largest absolute Gasteiger partial charge is 0.439 e. The van der Waals surface area contributed by atoms with Gasteiger partial charge in [-0.25, -0.2) is 4.98 Å². The van der Waals surface area contributed by atoms with Gasteiger partial charge < -0.3 is 8.98 Å². The zero-order valence-electron chi connectivity index (χ0n) is 12.0. The van der Waals surface area contributed by atoms with Crippen molar-refractivity contribution in [2.24, 2.45) is 0 Å². The molecule has 2 heterocycles. The molecule has 0 bridgehead atoms. The van der Waals surface area contributed by atoms with E-state index in [1.54, 1.807) is 24.3 Å². The molecule has 0 saturated carbocycles. The quantitative estimate of drug-likeness (QED) is 0.707. The number of halogens is 4. The Morgan fingerprint density at radius 2 is 2.00 bits per heavy atom. The normalized spacial score (nSPS) is 11.7. The highest BCUT2D eigenvalue weighted by atomic mass is 35.5. The van der Waals surface area contributed by atoms with E-state index in [1.165, 1.54) is 6.20 Å². The van der Waals surface area contributed by atoms with Crippen LogP contribution in [0, 0.1) is 0 Å². The number of rotatable bonds is 3. The lowest BCUT2D eigenvalue weighted by atomic mass is 10.2. The van der Waals surface area contributed by atoms with Gasteiger partial charge in [-0.05, 0) is 18.2 Å². The molecule has 8 heteroatoms. The molecular formula is C16H10ClF3N2O2. The van der Waals surface area contributed by atoms with Crippen molar-refractivity contribution in [2.75, 3.05) is 0 Å². The molecule has 3 rings (SSSR count). The van der Waals surface area contributed by atoms with E-state index in [1.807, 2.05) is 0 Å². The summed E-state index contributed by atoms with van der Waals surface area (Å²) in [4.78, 5) is 15.7. The van der Waals surface area contributed by atoms with Crippen LogP contribution in [-0.2, 0) is 12.7 Å². The van der Waals surface area contributed by atoms with Crippen LogP contribution in [0.2, 0.25) is 5.02 Å². The molecule has 4 nitrogen and oxygen atoms in total. The number of pyridine rings is 1. The molecule has 1 aromatic carbocycles. The fourth-order valence-corrected chi connectivity index (χ4v) is 2.32. The topological polar surface area (TPSA) is 48.0 Å². The van der Waals surface area contributed by atoms with Crippen molar-refractivity contribution >= 4 is 11.6 Å². The van der Waals surface area contributed by atoms with Crippen molar-refractivity contribution in [2.45, 2.75) is 12.7 Å². The molecule has 0 fully saturated rings. The second kappa shape index (κ2) is 6.16. The van der Waals surface area contributed by atoms with E-state index in [2.05, 4.69) is 4.98 Å². The van der Waals surface area contributed by atoms with Gasteiger partial charge in [-0.1, -0.05) is 23.7 Å². The van der Waals surface area contributed by atoms with Gasteiger partial charge in [0.25, 0.3) is 5.56 Å². The molecule has 0 unspecified atom stereocenters. The molecule has 0 amide bonds. The van der Waals surface area contributed by atoms with Crippen molar-refractivity contribution < 1.29 is 17.6 Å². The number of hydrogen-bond donors (Lipinski definition) is 0. The molecule has 0 N–H and O–H groups in total. The van der Waals surface area contributed by atoms with E-state index < -0.39 is 17.3 Å². The van der Waals surface area contributed by atoms with Crippen molar-refractivity contribution in [1.29, 1.82) is 0 Å². The minimum atomic E-state index is -4.53. The first-order valence-corrected chi connectivity index (χ1v) is 7.19. The average molecular weight is 355 g/mol. The third-order valence-electron chi connectivity index (χ3n) is 3.28. The first-order chi connectivity index (χ1) is 11.3. The lowest BCUT2D eigenvalue weighted by Crippen LogP contribution is -2.22. The van der Waals surface area contributed by atoms with Crippen LogP contribution in [0.15, 0.2) is 58.0 Å². The van der Waals surface area contributed by atoms with E-state index in [-0.39, 0.29) is 12.4 Å². The van der Waals surface area contributed by atoms with Gasteiger partial charge in [-0.15, -0.1) is 0 Å². The number of hydrogen-bond acceptors (Lipinski definition) is 3. The second-order valence-electron chi connectivity index (χ2n) is 5.01. The summed E-state index contributed by atoms with van der Waals surface area (Å²) in [5.41, 5.74) is -0.813. The highest BCUT2D eigenvalue weighted by Gasteiger charge is 2.31. The zero-order chi connectivity index (χ0) is 17.3. The average Bonchev–Trinajstić information content (AvgIpc) is 2.97. The molecule has 124 valence electrons. The molecule has 2 aromatic heterocycles. The summed E-state index contributed by atoms with van der Waals surface area (Å²) in [6.45, 7) is -0.205. The van der Waals surface area contributed by atoms with Gasteiger partial charge in [0.2, 0.25) is 5.89 Å². The summed E-state index contributed by atoms with van der Waals surface area (Å²) in [6, 6.07) is 8.46. The van der Waals surface area contributed by atoms with Gasteiger partial charge in [0.05, 0.1) is 11.8 Å². The maximum Gasteiger partial charge on any atom is 0.417 e. The van der Waals surface area contributed by atoms with Crippen LogP contribution in [-0.4, -0.2) is 9.55 Å². The Morgan fingerprint density at radius 1 is 1.21 bits per heavy atom. The molecule has 0 saturated heterocycles. The number of nitrogens with zero attached hydrogens (tertiary/aromatic N) is 2. The number of benzene rings is 1. The van der Waals surface area contributed by atoms with Gasteiger partial charge in [-0.3, -0.25) is 4.79 Å². The predicted octanol–water partition coefficient (Wildman–Crippen LogP) is 4.22. The second-order valence-corrected chi connectivity index (χ2v) is 5.45. The number of oxazole rings is 1. The van der Waals surface area contributed by atoms with Crippen molar-refractivity contribution in [1.82, 2.24) is 9.55 Å². The van der Waals surface area contributed by atoms with Crippen LogP contribution in [0.5, 0.6) is 0 Å². The SMILES string of the molecule is O=c1ccc(C(F)(F)F)cn1Cc1ncc(-c2cccc(Cl)c2)o1.